The van der Waals surface area contributed by atoms with Crippen molar-refractivity contribution < 1.29 is 0 Å². The maximum atomic E-state index is 4.34. The molecule has 0 radical (unpaired) electrons. The number of hydrogen-bond donors (Lipinski definition) is 2. The molecular weight excluding hydrogens is 174 g/mol. The highest BCUT2D eigenvalue weighted by molar-refractivity contribution is 5.63. The quantitative estimate of drug-likeness (QED) is 0.749. The molecule has 1 aromatic heterocycles. The predicted octanol–water partition coefficient (Wildman–Crippen LogP) is 1.91. The van der Waals surface area contributed by atoms with Gasteiger partial charge in [-0.1, -0.05) is 19.9 Å². The average molecular weight is 191 g/mol. The standard InChI is InChI=1S/C11H17N3/c1-8(2)10-7-11(14-13-10)9-3-5-12-6-4-9/h3,7-8,12H,4-6H2,1-2H3,(H,13,14). The molecule has 0 atom stereocenters. The van der Waals surface area contributed by atoms with Gasteiger partial charge in [0.25, 0.3) is 0 Å². The van der Waals surface area contributed by atoms with Gasteiger partial charge in [-0.25, -0.2) is 0 Å². The van der Waals surface area contributed by atoms with Crippen molar-refractivity contribution in [1.29, 1.82) is 0 Å². The van der Waals surface area contributed by atoms with Crippen molar-refractivity contribution in [2.75, 3.05) is 13.1 Å². The van der Waals surface area contributed by atoms with E-state index in [0.717, 1.165) is 25.2 Å². The lowest BCUT2D eigenvalue weighted by Crippen LogP contribution is -2.20. The number of nitrogens with zero attached hydrogens (tertiary/aromatic N) is 1. The summed E-state index contributed by atoms with van der Waals surface area (Å²) >= 11 is 0. The van der Waals surface area contributed by atoms with E-state index in [1.165, 1.54) is 11.3 Å². The van der Waals surface area contributed by atoms with Crippen molar-refractivity contribution in [3.05, 3.63) is 23.5 Å². The maximum absolute atomic E-state index is 4.34. The molecule has 0 bridgehead atoms. The molecule has 2 N–H and O–H groups in total. The van der Waals surface area contributed by atoms with E-state index in [1.54, 1.807) is 0 Å². The molecule has 2 rings (SSSR count). The molecule has 1 aliphatic heterocycles. The summed E-state index contributed by atoms with van der Waals surface area (Å²) in [5.41, 5.74) is 3.71. The topological polar surface area (TPSA) is 40.7 Å². The van der Waals surface area contributed by atoms with Crippen molar-refractivity contribution in [3.8, 4) is 0 Å². The number of aromatic nitrogens is 2. The van der Waals surface area contributed by atoms with Crippen molar-refractivity contribution in [3.63, 3.8) is 0 Å². The van der Waals surface area contributed by atoms with Crippen LogP contribution < -0.4 is 5.32 Å². The summed E-state index contributed by atoms with van der Waals surface area (Å²) in [6.45, 7) is 6.39. The van der Waals surface area contributed by atoms with Crippen LogP contribution in [-0.4, -0.2) is 23.3 Å². The van der Waals surface area contributed by atoms with Crippen LogP contribution in [0.2, 0.25) is 0 Å². The van der Waals surface area contributed by atoms with Crippen LogP contribution in [0.1, 0.15) is 37.6 Å². The van der Waals surface area contributed by atoms with Crippen LogP contribution in [0.25, 0.3) is 5.57 Å². The van der Waals surface area contributed by atoms with E-state index in [2.05, 4.69) is 41.5 Å². The van der Waals surface area contributed by atoms with E-state index in [1.807, 2.05) is 0 Å². The van der Waals surface area contributed by atoms with E-state index in [-0.39, 0.29) is 0 Å². The van der Waals surface area contributed by atoms with Crippen LogP contribution in [0.4, 0.5) is 0 Å². The van der Waals surface area contributed by atoms with E-state index < -0.39 is 0 Å². The molecule has 2 heterocycles. The highest BCUT2D eigenvalue weighted by Crippen LogP contribution is 2.20. The predicted molar refractivity (Wildman–Crippen MR) is 58.1 cm³/mol. The molecule has 0 aromatic carbocycles. The van der Waals surface area contributed by atoms with Gasteiger partial charge in [-0.05, 0) is 30.5 Å². The van der Waals surface area contributed by atoms with Crippen LogP contribution >= 0.6 is 0 Å². The third-order valence-corrected chi connectivity index (χ3v) is 2.61. The Hall–Kier alpha value is -1.09. The molecule has 3 nitrogen and oxygen atoms in total. The highest BCUT2D eigenvalue weighted by Gasteiger charge is 2.10. The Bertz CT molecular complexity index is 336. The van der Waals surface area contributed by atoms with Crippen LogP contribution in [0.3, 0.4) is 0 Å². The molecule has 0 saturated carbocycles. The van der Waals surface area contributed by atoms with Gasteiger partial charge >= 0.3 is 0 Å². The summed E-state index contributed by atoms with van der Waals surface area (Å²) in [5.74, 6) is 0.526. The second-order valence-corrected chi connectivity index (χ2v) is 4.05. The summed E-state index contributed by atoms with van der Waals surface area (Å²) in [5, 5.41) is 10.7. The Morgan fingerprint density at radius 1 is 1.43 bits per heavy atom. The van der Waals surface area contributed by atoms with Gasteiger partial charge in [0, 0.05) is 12.2 Å². The Balaban J connectivity index is 2.19. The SMILES string of the molecule is CC(C)c1cc(C2=CCNCC2)n[nH]1. The molecule has 76 valence electrons. The Morgan fingerprint density at radius 2 is 2.29 bits per heavy atom. The fourth-order valence-electron chi connectivity index (χ4n) is 1.65. The summed E-state index contributed by atoms with van der Waals surface area (Å²) in [7, 11) is 0. The lowest BCUT2D eigenvalue weighted by molar-refractivity contribution is 0.736. The van der Waals surface area contributed by atoms with Gasteiger partial charge in [0.1, 0.15) is 0 Å². The minimum absolute atomic E-state index is 0.526. The monoisotopic (exact) mass is 191 g/mol. The Kier molecular flexibility index (Phi) is 2.68. The van der Waals surface area contributed by atoms with Crippen molar-refractivity contribution in [2.24, 2.45) is 0 Å². The first kappa shape index (κ1) is 9.46. The first-order valence-electron chi connectivity index (χ1n) is 5.23. The van der Waals surface area contributed by atoms with Crippen molar-refractivity contribution in [2.45, 2.75) is 26.2 Å². The minimum Gasteiger partial charge on any atom is -0.313 e. The van der Waals surface area contributed by atoms with Gasteiger partial charge < -0.3 is 5.32 Å². The fourth-order valence-corrected chi connectivity index (χ4v) is 1.65. The summed E-state index contributed by atoms with van der Waals surface area (Å²) in [6.07, 6.45) is 3.31. The smallest absolute Gasteiger partial charge is 0.0881 e. The van der Waals surface area contributed by atoms with Gasteiger partial charge in [-0.3, -0.25) is 5.10 Å². The zero-order chi connectivity index (χ0) is 9.97. The van der Waals surface area contributed by atoms with Crippen LogP contribution in [-0.2, 0) is 0 Å². The minimum atomic E-state index is 0.526. The van der Waals surface area contributed by atoms with Gasteiger partial charge in [0.15, 0.2) is 0 Å². The second kappa shape index (κ2) is 3.96. The molecule has 1 aromatic rings. The molecule has 14 heavy (non-hydrogen) atoms. The Morgan fingerprint density at radius 3 is 2.86 bits per heavy atom. The number of H-pyrrole nitrogens is 1. The molecule has 1 aliphatic rings. The molecule has 3 heteroatoms. The first-order valence-corrected chi connectivity index (χ1v) is 5.23. The molecule has 0 unspecified atom stereocenters. The third-order valence-electron chi connectivity index (χ3n) is 2.61. The average Bonchev–Trinajstić information content (AvgIpc) is 2.68. The van der Waals surface area contributed by atoms with Crippen molar-refractivity contribution in [1.82, 2.24) is 15.5 Å². The number of nitrogens with one attached hydrogen (secondary N) is 2. The second-order valence-electron chi connectivity index (χ2n) is 4.05. The van der Waals surface area contributed by atoms with Crippen LogP contribution in [0.15, 0.2) is 12.1 Å². The normalized spacial score (nSPS) is 17.2. The first-order chi connectivity index (χ1) is 6.77. The number of rotatable bonds is 2. The molecule has 0 fully saturated rings. The lowest BCUT2D eigenvalue weighted by atomic mass is 10.0. The van der Waals surface area contributed by atoms with Crippen molar-refractivity contribution >= 4 is 5.57 Å². The van der Waals surface area contributed by atoms with Gasteiger partial charge in [0.2, 0.25) is 0 Å². The number of hydrogen-bond acceptors (Lipinski definition) is 2. The molecule has 0 spiro atoms. The van der Waals surface area contributed by atoms with Crippen LogP contribution in [0.5, 0.6) is 0 Å². The van der Waals surface area contributed by atoms with E-state index in [0.29, 0.717) is 5.92 Å². The largest absolute Gasteiger partial charge is 0.313 e. The zero-order valence-corrected chi connectivity index (χ0v) is 8.80. The summed E-state index contributed by atoms with van der Waals surface area (Å²) in [6, 6.07) is 2.17. The van der Waals surface area contributed by atoms with E-state index >= 15 is 0 Å². The number of aromatic amines is 1. The third kappa shape index (κ3) is 1.87. The van der Waals surface area contributed by atoms with Gasteiger partial charge in [-0.2, -0.15) is 5.10 Å². The van der Waals surface area contributed by atoms with E-state index in [4.69, 9.17) is 0 Å². The molecule has 0 amide bonds. The molecule has 0 saturated heterocycles. The molecule has 0 aliphatic carbocycles. The zero-order valence-electron chi connectivity index (χ0n) is 8.80. The lowest BCUT2D eigenvalue weighted by Gasteiger charge is -2.11. The highest BCUT2D eigenvalue weighted by atomic mass is 15.1. The Labute approximate surface area is 84.6 Å². The van der Waals surface area contributed by atoms with Gasteiger partial charge in [-0.15, -0.1) is 0 Å². The fraction of sp³-hybridized carbons (Fsp3) is 0.545. The maximum Gasteiger partial charge on any atom is 0.0881 e. The van der Waals surface area contributed by atoms with E-state index in [9.17, 15) is 0 Å². The molecular formula is C11H17N3. The van der Waals surface area contributed by atoms with Crippen LogP contribution in [0, 0.1) is 0 Å². The summed E-state index contributed by atoms with van der Waals surface area (Å²) < 4.78 is 0. The van der Waals surface area contributed by atoms with Gasteiger partial charge in [0.05, 0.1) is 5.69 Å². The summed E-state index contributed by atoms with van der Waals surface area (Å²) in [4.78, 5) is 0.